The Labute approximate surface area is 467 Å². The van der Waals surface area contributed by atoms with Crippen molar-refractivity contribution in [1.82, 2.24) is 0 Å². The lowest BCUT2D eigenvalue weighted by Crippen LogP contribution is -2.07. The highest BCUT2D eigenvalue weighted by molar-refractivity contribution is 5.97. The Kier molecular flexibility index (Phi) is 56.2. The van der Waals surface area contributed by atoms with Crippen molar-refractivity contribution in [1.29, 1.82) is 0 Å². The molecule has 0 N–H and O–H groups in total. The monoisotopic (exact) mass is 1040 g/mol. The van der Waals surface area contributed by atoms with Crippen LogP contribution in [0, 0.1) is 0 Å². The molecule has 8 aromatic carbocycles. The minimum Gasteiger partial charge on any atom is -0.423 e. The van der Waals surface area contributed by atoms with E-state index in [1.165, 1.54) is 0 Å². The van der Waals surface area contributed by atoms with Crippen molar-refractivity contribution in [3.05, 3.63) is 276 Å². The molecule has 0 aliphatic heterocycles. The lowest BCUT2D eigenvalue weighted by molar-refractivity contribution is -0.117. The molecule has 0 aromatic heterocycles. The van der Waals surface area contributed by atoms with Gasteiger partial charge in [-0.15, -0.1) is 0 Å². The van der Waals surface area contributed by atoms with Crippen LogP contribution in [-0.2, 0) is 24.1 Å². The maximum absolute atomic E-state index is 11.8. The molecule has 6 nitrogen and oxygen atoms in total. The Bertz CT molecular complexity index is 2210. The van der Waals surface area contributed by atoms with Crippen LogP contribution in [0.15, 0.2) is 243 Å². The molecule has 414 valence electrons. The first-order valence-electron chi connectivity index (χ1n) is 27.8. The number of ether oxygens (including phenoxy) is 2. The summed E-state index contributed by atoms with van der Waals surface area (Å²) in [5.41, 5.74) is 5.13. The van der Waals surface area contributed by atoms with Crippen molar-refractivity contribution in [2.75, 3.05) is 0 Å². The number of hydrogen-bond acceptors (Lipinski definition) is 6. The summed E-state index contributed by atoms with van der Waals surface area (Å²) in [6.45, 7) is 32.0. The van der Waals surface area contributed by atoms with Crippen molar-refractivity contribution < 1.29 is 28.7 Å². The molecule has 0 saturated carbocycles. The highest BCUT2D eigenvalue weighted by Gasteiger charge is 2.08. The fraction of sp³-hybridized carbons (Fsp3) is 0.268. The molecule has 0 amide bonds. The molecule has 77 heavy (non-hydrogen) atoms. The van der Waals surface area contributed by atoms with Crippen molar-refractivity contribution in [3.8, 4) is 11.5 Å². The van der Waals surface area contributed by atoms with Gasteiger partial charge in [0.2, 0.25) is 0 Å². The van der Waals surface area contributed by atoms with E-state index < -0.39 is 0 Å². The molecular weight excluding hydrogens is 949 g/mol. The maximum atomic E-state index is 11.8. The molecule has 0 aliphatic carbocycles. The molecule has 8 aromatic rings. The van der Waals surface area contributed by atoms with Crippen LogP contribution in [0.25, 0.3) is 0 Å². The van der Waals surface area contributed by atoms with Crippen LogP contribution in [0.3, 0.4) is 0 Å². The van der Waals surface area contributed by atoms with Crippen molar-refractivity contribution in [2.45, 2.75) is 130 Å². The third-order valence-corrected chi connectivity index (χ3v) is 8.72. The fourth-order valence-corrected chi connectivity index (χ4v) is 5.67. The van der Waals surface area contributed by atoms with Gasteiger partial charge < -0.3 is 9.47 Å². The minimum atomic E-state index is -0.332. The van der Waals surface area contributed by atoms with Crippen molar-refractivity contribution in [3.63, 3.8) is 0 Å². The first-order chi connectivity index (χ1) is 37.9. The predicted molar refractivity (Wildman–Crippen MR) is 333 cm³/mol. The average molecular weight is 1040 g/mol. The number of benzene rings is 8. The SMILES string of the molecule is CC.CC.CC.CC.CC.CC.CC.CC.O=C(Cc1ccccc1)Cc1ccccc1.O=C(Cc1ccccc1)c1ccccc1.O=C(Oc1ccccc1)c1ccccc1.O=C(Oc1ccccc1)c1ccccc1. The lowest BCUT2D eigenvalue weighted by atomic mass is 10.0. The molecule has 0 heterocycles. The summed E-state index contributed by atoms with van der Waals surface area (Å²) in [6.07, 6.45) is 1.52. The van der Waals surface area contributed by atoms with E-state index in [0.29, 0.717) is 41.9 Å². The first kappa shape index (κ1) is 75.6. The van der Waals surface area contributed by atoms with E-state index in [4.69, 9.17) is 9.47 Å². The number of carbonyl (C=O) groups excluding carboxylic acids is 4. The van der Waals surface area contributed by atoms with E-state index >= 15 is 0 Å². The van der Waals surface area contributed by atoms with E-state index in [1.807, 2.05) is 305 Å². The summed E-state index contributed by atoms with van der Waals surface area (Å²) < 4.78 is 10.3. The summed E-state index contributed by atoms with van der Waals surface area (Å²) in [6, 6.07) is 74.9. The average Bonchev–Trinajstić information content (AvgIpc) is 3.53. The summed E-state index contributed by atoms with van der Waals surface area (Å²) in [5.74, 6) is 0.889. The molecule has 0 saturated heterocycles. The Hall–Kier alpha value is -7.96. The largest absolute Gasteiger partial charge is 0.423 e. The molecule has 0 radical (unpaired) electrons. The summed E-state index contributed by atoms with van der Waals surface area (Å²) in [7, 11) is 0. The van der Waals surface area contributed by atoms with E-state index in [-0.39, 0.29) is 23.5 Å². The number of ketones is 2. The molecular formula is C71H94O6. The van der Waals surface area contributed by atoms with E-state index in [0.717, 1.165) is 22.3 Å². The van der Waals surface area contributed by atoms with Crippen LogP contribution in [0.4, 0.5) is 0 Å². The molecule has 6 heteroatoms. The first-order valence-corrected chi connectivity index (χ1v) is 27.8. The summed E-state index contributed by atoms with van der Waals surface area (Å²) >= 11 is 0. The van der Waals surface area contributed by atoms with Crippen LogP contribution < -0.4 is 9.47 Å². The molecule has 0 atom stereocenters. The third-order valence-electron chi connectivity index (χ3n) is 8.72. The van der Waals surface area contributed by atoms with Crippen LogP contribution >= 0.6 is 0 Å². The van der Waals surface area contributed by atoms with Gasteiger partial charge in [0.25, 0.3) is 0 Å². The lowest BCUT2D eigenvalue weighted by Gasteiger charge is -2.02. The standard InChI is InChI=1S/C15H14O.C14H12O.2C13H10O2.8C2H6/c16-15(11-13-7-3-1-4-8-13)12-14-9-5-2-6-10-14;15-14(13-9-5-2-6-10-13)11-12-7-3-1-4-8-12;2*14-13(11-7-3-1-4-8-11)15-12-9-5-2-6-10-12;8*1-2/h1-10H,11-12H2;1-10H,11H2;2*1-10H;8*1-2H3. The highest BCUT2D eigenvalue weighted by Crippen LogP contribution is 2.13. The normalized spacial score (nSPS) is 8.36. The van der Waals surface area contributed by atoms with Crippen LogP contribution in [-0.4, -0.2) is 23.5 Å². The minimum absolute atomic E-state index is 0.168. The number of esters is 2. The van der Waals surface area contributed by atoms with Gasteiger partial charge in [0.1, 0.15) is 17.3 Å². The number of carbonyl (C=O) groups is 4. The van der Waals surface area contributed by atoms with E-state index in [1.54, 1.807) is 48.5 Å². The number of hydrogen-bond donors (Lipinski definition) is 0. The van der Waals surface area contributed by atoms with Gasteiger partial charge >= 0.3 is 11.9 Å². The Morgan fingerprint density at radius 3 is 0.688 bits per heavy atom. The Morgan fingerprint density at radius 2 is 0.442 bits per heavy atom. The molecule has 0 spiro atoms. The van der Waals surface area contributed by atoms with E-state index in [2.05, 4.69) is 0 Å². The second kappa shape index (κ2) is 57.3. The third kappa shape index (κ3) is 38.3. The number of para-hydroxylation sites is 2. The number of Topliss-reactive ketones (excluding diaryl/α,β-unsaturated/α-hetero) is 2. The molecule has 8 rings (SSSR count). The summed E-state index contributed by atoms with van der Waals surface area (Å²) in [5, 5.41) is 0. The van der Waals surface area contributed by atoms with Gasteiger partial charge in [0.15, 0.2) is 5.78 Å². The predicted octanol–water partition coefficient (Wildman–Crippen LogP) is 20.2. The van der Waals surface area contributed by atoms with Gasteiger partial charge in [-0.25, -0.2) is 9.59 Å². The van der Waals surface area contributed by atoms with Gasteiger partial charge in [-0.2, -0.15) is 0 Å². The zero-order valence-electron chi connectivity index (χ0n) is 49.7. The van der Waals surface area contributed by atoms with Crippen LogP contribution in [0.1, 0.15) is 159 Å². The fourth-order valence-electron chi connectivity index (χ4n) is 5.67. The summed E-state index contributed by atoms with van der Waals surface area (Å²) in [4.78, 5) is 46.8. The Morgan fingerprint density at radius 1 is 0.247 bits per heavy atom. The highest BCUT2D eigenvalue weighted by atomic mass is 16.5. The molecule has 0 fully saturated rings. The van der Waals surface area contributed by atoms with Crippen LogP contribution in [0.5, 0.6) is 11.5 Å². The van der Waals surface area contributed by atoms with Crippen LogP contribution in [0.2, 0.25) is 0 Å². The van der Waals surface area contributed by atoms with Crippen molar-refractivity contribution in [2.24, 2.45) is 0 Å². The van der Waals surface area contributed by atoms with Gasteiger partial charge in [-0.3, -0.25) is 9.59 Å². The quantitative estimate of drug-likeness (QED) is 0.0729. The van der Waals surface area contributed by atoms with Gasteiger partial charge in [-0.1, -0.05) is 305 Å². The Balaban J connectivity index is -0.000000423. The zero-order valence-corrected chi connectivity index (χ0v) is 49.7. The smallest absolute Gasteiger partial charge is 0.343 e. The second-order valence-electron chi connectivity index (χ2n) is 13.5. The van der Waals surface area contributed by atoms with E-state index in [9.17, 15) is 19.2 Å². The van der Waals surface area contributed by atoms with Gasteiger partial charge in [0, 0.05) is 24.8 Å². The molecule has 0 aliphatic rings. The van der Waals surface area contributed by atoms with Gasteiger partial charge in [-0.05, 0) is 65.2 Å². The molecule has 0 unspecified atom stereocenters. The molecule has 0 bridgehead atoms. The second-order valence-corrected chi connectivity index (χ2v) is 13.5. The topological polar surface area (TPSA) is 86.7 Å². The van der Waals surface area contributed by atoms with Gasteiger partial charge in [0.05, 0.1) is 11.1 Å². The van der Waals surface area contributed by atoms with Crippen molar-refractivity contribution >= 4 is 23.5 Å². The zero-order chi connectivity index (χ0) is 58.7. The maximum Gasteiger partial charge on any atom is 0.343 e. The number of rotatable bonds is 11.